The van der Waals surface area contributed by atoms with E-state index < -0.39 is 0 Å². The second-order valence-electron chi connectivity index (χ2n) is 6.00. The van der Waals surface area contributed by atoms with Crippen molar-refractivity contribution in [1.29, 1.82) is 0 Å². The third-order valence-corrected chi connectivity index (χ3v) is 5.24. The number of anilines is 1. The van der Waals surface area contributed by atoms with Crippen molar-refractivity contribution in [1.82, 2.24) is 25.1 Å². The van der Waals surface area contributed by atoms with E-state index in [-0.39, 0.29) is 17.2 Å². The second kappa shape index (κ2) is 7.20. The van der Waals surface area contributed by atoms with Gasteiger partial charge in [-0.1, -0.05) is 30.0 Å². The number of rotatable bonds is 4. The number of aromatic nitrogens is 4. The summed E-state index contributed by atoms with van der Waals surface area (Å²) in [5, 5.41) is 7.32. The molecule has 0 aliphatic carbocycles. The first-order chi connectivity index (χ1) is 12.7. The van der Waals surface area contributed by atoms with Crippen LogP contribution in [0.4, 0.5) is 5.69 Å². The molecule has 0 atom stereocenters. The Kier molecular flexibility index (Phi) is 4.61. The summed E-state index contributed by atoms with van der Waals surface area (Å²) >= 11 is 1.23. The summed E-state index contributed by atoms with van der Waals surface area (Å²) in [5.74, 6) is 0.295. The molecule has 1 aliphatic heterocycles. The number of hydrogen-bond acceptors (Lipinski definition) is 6. The molecule has 1 amide bonds. The van der Waals surface area contributed by atoms with E-state index in [4.69, 9.17) is 0 Å². The number of carbonyl (C=O) groups excluding carboxylic acids is 1. The maximum absolute atomic E-state index is 12.5. The van der Waals surface area contributed by atoms with Crippen LogP contribution in [0.25, 0.3) is 11.0 Å². The van der Waals surface area contributed by atoms with Crippen molar-refractivity contribution in [3.63, 3.8) is 0 Å². The van der Waals surface area contributed by atoms with Crippen molar-refractivity contribution in [3.05, 3.63) is 46.9 Å². The van der Waals surface area contributed by atoms with Crippen LogP contribution in [0.15, 0.2) is 46.5 Å². The molecule has 1 fully saturated rings. The molecular formula is C17H18N6O2S. The Hall–Kier alpha value is -2.81. The quantitative estimate of drug-likeness (QED) is 0.527. The van der Waals surface area contributed by atoms with Crippen LogP contribution in [0.2, 0.25) is 0 Å². The van der Waals surface area contributed by atoms with Gasteiger partial charge < -0.3 is 14.8 Å². The smallest absolute Gasteiger partial charge is 0.262 e. The van der Waals surface area contributed by atoms with E-state index in [1.54, 1.807) is 0 Å². The Bertz CT molecular complexity index is 962. The van der Waals surface area contributed by atoms with E-state index in [9.17, 15) is 9.59 Å². The van der Waals surface area contributed by atoms with E-state index in [0.29, 0.717) is 29.3 Å². The summed E-state index contributed by atoms with van der Waals surface area (Å²) in [6.07, 6.45) is 1.44. The zero-order valence-electron chi connectivity index (χ0n) is 14.0. The van der Waals surface area contributed by atoms with Crippen LogP contribution in [-0.2, 0) is 4.79 Å². The maximum atomic E-state index is 12.5. The summed E-state index contributed by atoms with van der Waals surface area (Å²) in [6, 6.07) is 10.2. The average Bonchev–Trinajstić information content (AvgIpc) is 3.16. The third-order valence-electron chi connectivity index (χ3n) is 4.38. The van der Waals surface area contributed by atoms with Gasteiger partial charge in [0.15, 0.2) is 10.8 Å². The zero-order chi connectivity index (χ0) is 17.9. The molecule has 8 nitrogen and oxygen atoms in total. The Morgan fingerprint density at radius 1 is 1.15 bits per heavy atom. The molecule has 0 spiro atoms. The second-order valence-corrected chi connectivity index (χ2v) is 6.96. The number of H-pyrrole nitrogens is 2. The van der Waals surface area contributed by atoms with Crippen LogP contribution < -0.4 is 10.5 Å². The van der Waals surface area contributed by atoms with Crippen molar-refractivity contribution in [2.45, 2.75) is 5.16 Å². The highest BCUT2D eigenvalue weighted by Crippen LogP contribution is 2.18. The fraction of sp³-hybridized carbons (Fsp3) is 0.294. The number of thioether (sulfide) groups is 1. The number of amides is 1. The summed E-state index contributed by atoms with van der Waals surface area (Å²) in [7, 11) is 0. The molecule has 0 bridgehead atoms. The third kappa shape index (κ3) is 3.43. The number of piperazine rings is 1. The van der Waals surface area contributed by atoms with Gasteiger partial charge in [0.25, 0.3) is 5.56 Å². The standard InChI is InChI=1S/C17H18N6O2S/c24-14(11-26-17-19-15-13(10-18-21-15)16(25)20-17)23-8-6-22(7-9-23)12-4-2-1-3-5-12/h1-5,10H,6-9,11H2,(H2,18,19,20,21,25). The van der Waals surface area contributed by atoms with Crippen LogP contribution in [0.1, 0.15) is 0 Å². The van der Waals surface area contributed by atoms with Gasteiger partial charge in [0.1, 0.15) is 5.39 Å². The van der Waals surface area contributed by atoms with E-state index in [1.807, 2.05) is 23.1 Å². The molecule has 3 heterocycles. The number of aromatic amines is 2. The molecular weight excluding hydrogens is 352 g/mol. The zero-order valence-corrected chi connectivity index (χ0v) is 14.8. The Labute approximate surface area is 153 Å². The molecule has 3 aromatic rings. The first kappa shape index (κ1) is 16.6. The maximum Gasteiger partial charge on any atom is 0.262 e. The van der Waals surface area contributed by atoms with Gasteiger partial charge in [-0.05, 0) is 12.1 Å². The van der Waals surface area contributed by atoms with Crippen LogP contribution in [-0.4, -0.2) is 62.9 Å². The Morgan fingerprint density at radius 2 is 1.92 bits per heavy atom. The highest BCUT2D eigenvalue weighted by molar-refractivity contribution is 7.99. The van der Waals surface area contributed by atoms with E-state index in [0.717, 1.165) is 13.1 Å². The molecule has 1 aliphatic rings. The summed E-state index contributed by atoms with van der Waals surface area (Å²) in [6.45, 7) is 3.01. The first-order valence-electron chi connectivity index (χ1n) is 8.35. The molecule has 4 rings (SSSR count). The number of fused-ring (bicyclic) bond motifs is 1. The number of nitrogens with zero attached hydrogens (tertiary/aromatic N) is 4. The highest BCUT2D eigenvalue weighted by atomic mass is 32.2. The minimum absolute atomic E-state index is 0.0510. The predicted octanol–water partition coefficient (Wildman–Crippen LogP) is 1.09. The molecule has 0 unspecified atom stereocenters. The molecule has 9 heteroatoms. The molecule has 0 radical (unpaired) electrons. The summed E-state index contributed by atoms with van der Waals surface area (Å²) in [4.78, 5) is 35.5. The first-order valence-corrected chi connectivity index (χ1v) is 9.33. The van der Waals surface area contributed by atoms with Gasteiger partial charge in [0.05, 0.1) is 11.9 Å². The molecule has 2 N–H and O–H groups in total. The van der Waals surface area contributed by atoms with Gasteiger partial charge in [0.2, 0.25) is 5.91 Å². The number of para-hydroxylation sites is 1. The minimum Gasteiger partial charge on any atom is -0.368 e. The van der Waals surface area contributed by atoms with Crippen LogP contribution >= 0.6 is 11.8 Å². The van der Waals surface area contributed by atoms with Crippen molar-refractivity contribution in [3.8, 4) is 0 Å². The van der Waals surface area contributed by atoms with Crippen molar-refractivity contribution >= 4 is 34.4 Å². The molecule has 2 aromatic heterocycles. The van der Waals surface area contributed by atoms with Crippen LogP contribution in [0.5, 0.6) is 0 Å². The molecule has 1 saturated heterocycles. The van der Waals surface area contributed by atoms with Gasteiger partial charge in [-0.15, -0.1) is 0 Å². The predicted molar refractivity (Wildman–Crippen MR) is 100 cm³/mol. The van der Waals surface area contributed by atoms with Gasteiger partial charge in [-0.2, -0.15) is 5.10 Å². The fourth-order valence-electron chi connectivity index (χ4n) is 2.97. The molecule has 134 valence electrons. The largest absolute Gasteiger partial charge is 0.368 e. The number of hydrogen-bond donors (Lipinski definition) is 2. The van der Waals surface area contributed by atoms with E-state index in [2.05, 4.69) is 37.2 Å². The van der Waals surface area contributed by atoms with Gasteiger partial charge >= 0.3 is 0 Å². The SMILES string of the molecule is O=C(CSc1nc2[nH]ncc2c(=O)[nH]1)N1CCN(c2ccccc2)CC1. The normalized spacial score (nSPS) is 14.8. The molecule has 0 saturated carbocycles. The highest BCUT2D eigenvalue weighted by Gasteiger charge is 2.21. The number of carbonyl (C=O) groups is 1. The average molecular weight is 370 g/mol. The summed E-state index contributed by atoms with van der Waals surface area (Å²) < 4.78 is 0. The van der Waals surface area contributed by atoms with Crippen LogP contribution in [0.3, 0.4) is 0 Å². The lowest BCUT2D eigenvalue weighted by atomic mass is 10.2. The summed E-state index contributed by atoms with van der Waals surface area (Å²) in [5.41, 5.74) is 1.36. The van der Waals surface area contributed by atoms with Gasteiger partial charge in [-0.3, -0.25) is 14.7 Å². The lowest BCUT2D eigenvalue weighted by Crippen LogP contribution is -2.49. The van der Waals surface area contributed by atoms with Crippen molar-refractivity contribution < 1.29 is 4.79 Å². The molecule has 1 aromatic carbocycles. The fourth-order valence-corrected chi connectivity index (χ4v) is 3.73. The lowest BCUT2D eigenvalue weighted by Gasteiger charge is -2.36. The Balaban J connectivity index is 1.33. The van der Waals surface area contributed by atoms with E-state index >= 15 is 0 Å². The Morgan fingerprint density at radius 3 is 2.69 bits per heavy atom. The molecule has 26 heavy (non-hydrogen) atoms. The van der Waals surface area contributed by atoms with Crippen molar-refractivity contribution in [2.75, 3.05) is 36.8 Å². The topological polar surface area (TPSA) is 98.0 Å². The lowest BCUT2D eigenvalue weighted by molar-refractivity contribution is -0.128. The number of nitrogens with one attached hydrogen (secondary N) is 2. The van der Waals surface area contributed by atoms with Crippen molar-refractivity contribution in [2.24, 2.45) is 0 Å². The van der Waals surface area contributed by atoms with E-state index in [1.165, 1.54) is 23.6 Å². The van der Waals surface area contributed by atoms with Gasteiger partial charge in [0, 0.05) is 31.9 Å². The van der Waals surface area contributed by atoms with Gasteiger partial charge in [-0.25, -0.2) is 4.98 Å². The number of benzene rings is 1. The monoisotopic (exact) mass is 370 g/mol. The minimum atomic E-state index is -0.254. The van der Waals surface area contributed by atoms with Crippen LogP contribution in [0, 0.1) is 0 Å².